The molecule has 3 heteroatoms. The number of nitrogens with zero attached hydrogens (tertiary/aromatic N) is 2. The maximum atomic E-state index is 8.52. The van der Waals surface area contributed by atoms with Gasteiger partial charge < -0.3 is 10.2 Å². The van der Waals surface area contributed by atoms with E-state index in [2.05, 4.69) is 11.5 Å². The Bertz CT molecular complexity index is 144. The average molecular weight is 153 g/mol. The smallest absolute Gasteiger partial charge is 0.179 e. The molecule has 0 bridgehead atoms. The van der Waals surface area contributed by atoms with Crippen LogP contribution in [0.4, 0.5) is 0 Å². The molecule has 0 aromatic carbocycles. The predicted octanol–water partition coefficient (Wildman–Crippen LogP) is 0.399. The quantitative estimate of drug-likeness (QED) is 0.461. The Hall–Kier alpha value is -0.750. The molecule has 1 rings (SSSR count). The lowest BCUT2D eigenvalue weighted by molar-refractivity contribution is 0.301. The molecule has 1 aliphatic heterocycles. The van der Waals surface area contributed by atoms with Gasteiger partial charge in [-0.25, -0.2) is 0 Å². The van der Waals surface area contributed by atoms with Crippen LogP contribution in [-0.2, 0) is 0 Å². The fourth-order valence-corrected chi connectivity index (χ4v) is 1.51. The number of rotatable bonds is 2. The van der Waals surface area contributed by atoms with Crippen LogP contribution in [0.2, 0.25) is 0 Å². The van der Waals surface area contributed by atoms with E-state index in [-0.39, 0.29) is 0 Å². The molecule has 0 spiro atoms. The van der Waals surface area contributed by atoms with Gasteiger partial charge in [-0.05, 0) is 31.8 Å². The zero-order valence-electron chi connectivity index (χ0n) is 7.01. The fraction of sp³-hybridized carbons (Fsp3) is 0.875. The molecule has 11 heavy (non-hydrogen) atoms. The van der Waals surface area contributed by atoms with E-state index in [1.165, 1.54) is 12.8 Å². The second-order valence-corrected chi connectivity index (χ2v) is 3.19. The van der Waals surface area contributed by atoms with Gasteiger partial charge in [0.15, 0.2) is 6.19 Å². The van der Waals surface area contributed by atoms with Gasteiger partial charge in [-0.2, -0.15) is 5.26 Å². The number of nitrogens with one attached hydrogen (secondary N) is 1. The Balaban J connectivity index is 2.20. The number of piperidine rings is 1. The molecule has 0 saturated carbocycles. The van der Waals surface area contributed by atoms with Crippen molar-refractivity contribution in [2.45, 2.75) is 12.8 Å². The van der Waals surface area contributed by atoms with Crippen molar-refractivity contribution in [1.82, 2.24) is 10.2 Å². The highest BCUT2D eigenvalue weighted by Gasteiger charge is 2.13. The number of nitriles is 1. The molecule has 1 fully saturated rings. The van der Waals surface area contributed by atoms with Crippen LogP contribution in [0.25, 0.3) is 0 Å². The first-order valence-electron chi connectivity index (χ1n) is 4.14. The van der Waals surface area contributed by atoms with Crippen molar-refractivity contribution < 1.29 is 0 Å². The molecule has 1 saturated heterocycles. The van der Waals surface area contributed by atoms with Gasteiger partial charge in [-0.3, -0.25) is 0 Å². The van der Waals surface area contributed by atoms with Crippen LogP contribution in [0.5, 0.6) is 0 Å². The lowest BCUT2D eigenvalue weighted by Gasteiger charge is -2.24. The minimum Gasteiger partial charge on any atom is -0.316 e. The van der Waals surface area contributed by atoms with E-state index in [4.69, 9.17) is 5.26 Å². The first-order chi connectivity index (χ1) is 5.33. The molecule has 1 aliphatic rings. The molecule has 0 aliphatic carbocycles. The first-order valence-corrected chi connectivity index (χ1v) is 4.14. The Morgan fingerprint density at radius 2 is 2.55 bits per heavy atom. The summed E-state index contributed by atoms with van der Waals surface area (Å²) >= 11 is 0. The standard InChI is InChI=1S/C8H15N3/c1-11(7-9)6-8-3-2-4-10-5-8/h8,10H,2-6H2,1H3. The van der Waals surface area contributed by atoms with Gasteiger partial charge in [0, 0.05) is 13.6 Å². The van der Waals surface area contributed by atoms with Crippen molar-refractivity contribution in [1.29, 1.82) is 5.26 Å². The van der Waals surface area contributed by atoms with Crippen molar-refractivity contribution in [3.8, 4) is 6.19 Å². The second kappa shape index (κ2) is 4.20. The van der Waals surface area contributed by atoms with Crippen molar-refractivity contribution in [2.75, 3.05) is 26.7 Å². The molecule has 0 aromatic heterocycles. The Morgan fingerprint density at radius 3 is 3.09 bits per heavy atom. The average Bonchev–Trinajstić information content (AvgIpc) is 2.06. The third-order valence-electron chi connectivity index (χ3n) is 2.10. The van der Waals surface area contributed by atoms with Crippen molar-refractivity contribution in [2.24, 2.45) is 5.92 Å². The van der Waals surface area contributed by atoms with Crippen LogP contribution in [0.15, 0.2) is 0 Å². The molecule has 0 amide bonds. The maximum absolute atomic E-state index is 8.52. The van der Waals surface area contributed by atoms with E-state index in [0.717, 1.165) is 19.6 Å². The van der Waals surface area contributed by atoms with Crippen LogP contribution in [0.1, 0.15) is 12.8 Å². The zero-order valence-corrected chi connectivity index (χ0v) is 7.01. The maximum Gasteiger partial charge on any atom is 0.179 e. The third kappa shape index (κ3) is 2.77. The summed E-state index contributed by atoms with van der Waals surface area (Å²) in [4.78, 5) is 1.71. The van der Waals surface area contributed by atoms with Crippen LogP contribution in [0, 0.1) is 17.4 Å². The van der Waals surface area contributed by atoms with Gasteiger partial charge in [0.2, 0.25) is 0 Å². The molecule has 1 N–H and O–H groups in total. The molecule has 0 radical (unpaired) electrons. The SMILES string of the molecule is CN(C#N)CC1CCCNC1. The summed E-state index contributed by atoms with van der Waals surface area (Å²) in [5.41, 5.74) is 0. The van der Waals surface area contributed by atoms with Crippen LogP contribution < -0.4 is 5.32 Å². The summed E-state index contributed by atoms with van der Waals surface area (Å²) in [6.45, 7) is 3.13. The molecule has 3 nitrogen and oxygen atoms in total. The molecule has 62 valence electrons. The topological polar surface area (TPSA) is 39.1 Å². The Kier molecular flexibility index (Phi) is 3.18. The van der Waals surface area contributed by atoms with Gasteiger partial charge in [-0.1, -0.05) is 0 Å². The molecule has 1 unspecified atom stereocenters. The highest BCUT2D eigenvalue weighted by molar-refractivity contribution is 4.76. The number of hydrogen-bond donors (Lipinski definition) is 1. The van der Waals surface area contributed by atoms with Crippen LogP contribution >= 0.6 is 0 Å². The van der Waals surface area contributed by atoms with Crippen molar-refractivity contribution >= 4 is 0 Å². The summed E-state index contributed by atoms with van der Waals surface area (Å²) in [6, 6.07) is 0. The monoisotopic (exact) mass is 153 g/mol. The van der Waals surface area contributed by atoms with Gasteiger partial charge in [0.25, 0.3) is 0 Å². The van der Waals surface area contributed by atoms with E-state index in [0.29, 0.717) is 5.92 Å². The van der Waals surface area contributed by atoms with Gasteiger partial charge in [0.05, 0.1) is 0 Å². The second-order valence-electron chi connectivity index (χ2n) is 3.19. The van der Waals surface area contributed by atoms with Gasteiger partial charge >= 0.3 is 0 Å². The summed E-state index contributed by atoms with van der Waals surface area (Å²) < 4.78 is 0. The molecule has 0 aromatic rings. The minimum absolute atomic E-state index is 0.674. The van der Waals surface area contributed by atoms with Gasteiger partial charge in [-0.15, -0.1) is 0 Å². The minimum atomic E-state index is 0.674. The molecular formula is C8H15N3. The van der Waals surface area contributed by atoms with E-state index in [9.17, 15) is 0 Å². The lowest BCUT2D eigenvalue weighted by Crippen LogP contribution is -2.35. The van der Waals surface area contributed by atoms with E-state index >= 15 is 0 Å². The predicted molar refractivity (Wildman–Crippen MR) is 43.8 cm³/mol. The summed E-state index contributed by atoms with van der Waals surface area (Å²) in [7, 11) is 1.84. The normalized spacial score (nSPS) is 24.2. The van der Waals surface area contributed by atoms with E-state index in [1.54, 1.807) is 4.90 Å². The number of hydrogen-bond acceptors (Lipinski definition) is 3. The van der Waals surface area contributed by atoms with Crippen molar-refractivity contribution in [3.63, 3.8) is 0 Å². The van der Waals surface area contributed by atoms with Crippen LogP contribution in [0.3, 0.4) is 0 Å². The lowest BCUT2D eigenvalue weighted by atomic mass is 9.99. The Morgan fingerprint density at radius 1 is 1.73 bits per heavy atom. The highest BCUT2D eigenvalue weighted by atomic mass is 15.1. The largest absolute Gasteiger partial charge is 0.316 e. The Labute approximate surface area is 68.0 Å². The molecule has 1 atom stereocenters. The molecule has 1 heterocycles. The van der Waals surface area contributed by atoms with Crippen molar-refractivity contribution in [3.05, 3.63) is 0 Å². The summed E-state index contributed by atoms with van der Waals surface area (Å²) in [5.74, 6) is 0.674. The fourth-order valence-electron chi connectivity index (χ4n) is 1.51. The highest BCUT2D eigenvalue weighted by Crippen LogP contribution is 2.10. The summed E-state index contributed by atoms with van der Waals surface area (Å²) in [6.07, 6.45) is 4.63. The summed E-state index contributed by atoms with van der Waals surface area (Å²) in [5, 5.41) is 11.8. The van der Waals surface area contributed by atoms with Gasteiger partial charge in [0.1, 0.15) is 0 Å². The first kappa shape index (κ1) is 8.35. The van der Waals surface area contributed by atoms with E-state index < -0.39 is 0 Å². The van der Waals surface area contributed by atoms with Crippen LogP contribution in [-0.4, -0.2) is 31.6 Å². The van der Waals surface area contributed by atoms with E-state index in [1.807, 2.05) is 7.05 Å². The third-order valence-corrected chi connectivity index (χ3v) is 2.10. The molecular weight excluding hydrogens is 138 g/mol. The zero-order chi connectivity index (χ0) is 8.10.